The number of nitrogens with zero attached hydrogens (tertiary/aromatic N) is 4. The summed E-state index contributed by atoms with van der Waals surface area (Å²) in [5, 5.41) is 0. The number of rotatable bonds is 7. The molecule has 8 heteroatoms. The maximum Gasteiger partial charge on any atom is 0.267 e. The van der Waals surface area contributed by atoms with Crippen molar-refractivity contribution in [1.82, 2.24) is 14.3 Å². The summed E-state index contributed by atoms with van der Waals surface area (Å²) in [5.74, 6) is 0.342. The molecule has 0 bridgehead atoms. The number of hydrogen-bond donors (Lipinski definition) is 0. The Balaban J connectivity index is 1.53. The summed E-state index contributed by atoms with van der Waals surface area (Å²) in [4.78, 5) is 35.9. The number of thiocarbonyl (C=S) groups is 1. The summed E-state index contributed by atoms with van der Waals surface area (Å²) >= 11 is 6.77. The summed E-state index contributed by atoms with van der Waals surface area (Å²) in [6.45, 7) is 2.98. The van der Waals surface area contributed by atoms with E-state index < -0.39 is 0 Å². The first-order valence-electron chi connectivity index (χ1n) is 12.0. The monoisotopic (exact) mass is 526 g/mol. The van der Waals surface area contributed by atoms with Crippen molar-refractivity contribution in [1.29, 1.82) is 0 Å². The van der Waals surface area contributed by atoms with Crippen molar-refractivity contribution in [2.75, 3.05) is 18.5 Å². The molecular formula is C29H26N4O2S2. The van der Waals surface area contributed by atoms with Gasteiger partial charge in [-0.05, 0) is 42.2 Å². The second-order valence-corrected chi connectivity index (χ2v) is 10.6. The number of amides is 1. The van der Waals surface area contributed by atoms with Crippen LogP contribution in [0, 0.1) is 6.92 Å². The Bertz CT molecular complexity index is 1570. The molecule has 1 aliphatic heterocycles. The topological polar surface area (TPSA) is 57.9 Å². The Morgan fingerprint density at radius 2 is 1.65 bits per heavy atom. The second kappa shape index (κ2) is 10.7. The minimum absolute atomic E-state index is 0.184. The number of aryl methyl sites for hydroxylation is 1. The highest BCUT2D eigenvalue weighted by molar-refractivity contribution is 8.26. The average molecular weight is 527 g/mol. The molecule has 186 valence electrons. The van der Waals surface area contributed by atoms with E-state index in [2.05, 4.69) is 0 Å². The molecule has 2 aromatic carbocycles. The van der Waals surface area contributed by atoms with Gasteiger partial charge in [0.1, 0.15) is 15.8 Å². The average Bonchev–Trinajstić information content (AvgIpc) is 3.17. The molecule has 2 aromatic heterocycles. The highest BCUT2D eigenvalue weighted by Gasteiger charge is 2.32. The van der Waals surface area contributed by atoms with Gasteiger partial charge in [-0.3, -0.25) is 18.9 Å². The van der Waals surface area contributed by atoms with Crippen LogP contribution in [0.15, 0.2) is 88.7 Å². The van der Waals surface area contributed by atoms with Crippen LogP contribution in [0.2, 0.25) is 0 Å². The Morgan fingerprint density at radius 1 is 0.973 bits per heavy atom. The van der Waals surface area contributed by atoms with Crippen LogP contribution in [0.4, 0.5) is 5.82 Å². The van der Waals surface area contributed by atoms with Gasteiger partial charge in [-0.2, -0.15) is 0 Å². The SMILES string of the molecule is Cc1cccn2c(=O)c(C=C3SC(=S)N(CCc4ccccc4)C3=O)c(N(C)Cc3ccccc3)nc12. The summed E-state index contributed by atoms with van der Waals surface area (Å²) in [5.41, 5.74) is 3.86. The minimum Gasteiger partial charge on any atom is -0.355 e. The Labute approximate surface area is 225 Å². The van der Waals surface area contributed by atoms with Gasteiger partial charge < -0.3 is 4.90 Å². The van der Waals surface area contributed by atoms with Crippen LogP contribution in [0.1, 0.15) is 22.3 Å². The van der Waals surface area contributed by atoms with E-state index >= 15 is 0 Å². The zero-order valence-corrected chi connectivity index (χ0v) is 22.3. The molecule has 1 amide bonds. The summed E-state index contributed by atoms with van der Waals surface area (Å²) in [7, 11) is 1.91. The third-order valence-electron chi connectivity index (χ3n) is 6.30. The molecule has 0 aliphatic carbocycles. The van der Waals surface area contributed by atoms with Crippen molar-refractivity contribution in [3.05, 3.63) is 117 Å². The van der Waals surface area contributed by atoms with Crippen molar-refractivity contribution in [2.45, 2.75) is 19.9 Å². The van der Waals surface area contributed by atoms with Crippen LogP contribution in [-0.2, 0) is 17.8 Å². The van der Waals surface area contributed by atoms with Crippen LogP contribution in [0.5, 0.6) is 0 Å². The van der Waals surface area contributed by atoms with Gasteiger partial charge in [0.25, 0.3) is 11.5 Å². The lowest BCUT2D eigenvalue weighted by atomic mass is 10.1. The number of aromatic nitrogens is 2. The Morgan fingerprint density at radius 3 is 2.35 bits per heavy atom. The molecule has 0 saturated carbocycles. The van der Waals surface area contributed by atoms with Crippen molar-refractivity contribution in [2.24, 2.45) is 0 Å². The van der Waals surface area contributed by atoms with Crippen LogP contribution >= 0.6 is 24.0 Å². The quantitative estimate of drug-likeness (QED) is 0.247. The zero-order chi connectivity index (χ0) is 25.9. The zero-order valence-electron chi connectivity index (χ0n) is 20.6. The van der Waals surface area contributed by atoms with Crippen molar-refractivity contribution in [3.8, 4) is 0 Å². The van der Waals surface area contributed by atoms with Gasteiger partial charge in [0.2, 0.25) is 0 Å². The van der Waals surface area contributed by atoms with E-state index in [1.165, 1.54) is 16.2 Å². The van der Waals surface area contributed by atoms with Crippen molar-refractivity contribution in [3.63, 3.8) is 0 Å². The molecule has 5 rings (SSSR count). The van der Waals surface area contributed by atoms with E-state index in [1.807, 2.05) is 91.7 Å². The molecule has 1 fully saturated rings. The predicted octanol–water partition coefficient (Wildman–Crippen LogP) is 5.08. The van der Waals surface area contributed by atoms with E-state index in [0.29, 0.717) is 45.8 Å². The molecule has 0 N–H and O–H groups in total. The number of pyridine rings is 1. The van der Waals surface area contributed by atoms with E-state index in [9.17, 15) is 9.59 Å². The molecule has 1 saturated heterocycles. The smallest absolute Gasteiger partial charge is 0.267 e. The molecule has 4 aromatic rings. The lowest BCUT2D eigenvalue weighted by molar-refractivity contribution is -0.122. The van der Waals surface area contributed by atoms with Gasteiger partial charge in [0.05, 0.1) is 10.5 Å². The first kappa shape index (κ1) is 24.9. The molecule has 37 heavy (non-hydrogen) atoms. The number of thioether (sulfide) groups is 1. The molecule has 1 aliphatic rings. The minimum atomic E-state index is -0.224. The maximum atomic E-state index is 13.7. The fourth-order valence-electron chi connectivity index (χ4n) is 4.36. The van der Waals surface area contributed by atoms with Gasteiger partial charge in [-0.15, -0.1) is 0 Å². The number of carbonyl (C=O) groups is 1. The van der Waals surface area contributed by atoms with Crippen LogP contribution in [0.25, 0.3) is 11.7 Å². The lowest BCUT2D eigenvalue weighted by Crippen LogP contribution is -2.30. The molecule has 0 unspecified atom stereocenters. The summed E-state index contributed by atoms with van der Waals surface area (Å²) in [6.07, 6.45) is 4.06. The van der Waals surface area contributed by atoms with Crippen LogP contribution in [0.3, 0.4) is 0 Å². The van der Waals surface area contributed by atoms with Crippen LogP contribution < -0.4 is 10.5 Å². The fourth-order valence-corrected chi connectivity index (χ4v) is 5.65. The van der Waals surface area contributed by atoms with Gasteiger partial charge in [0, 0.05) is 26.3 Å². The number of hydrogen-bond acceptors (Lipinski definition) is 6. The van der Waals surface area contributed by atoms with Gasteiger partial charge in [-0.25, -0.2) is 4.98 Å². The lowest BCUT2D eigenvalue weighted by Gasteiger charge is -2.21. The standard InChI is InChI=1S/C29H26N4O2S2/c1-20-10-9-16-32-25(20)30-26(31(2)19-22-13-7-4-8-14-22)23(27(32)34)18-24-28(35)33(29(36)37-24)17-15-21-11-5-3-6-12-21/h3-14,16,18H,15,17,19H2,1-2H3. The molecule has 0 radical (unpaired) electrons. The number of fused-ring (bicyclic) bond motifs is 1. The van der Waals surface area contributed by atoms with E-state index in [1.54, 1.807) is 17.2 Å². The first-order valence-corrected chi connectivity index (χ1v) is 13.2. The number of carbonyl (C=O) groups excluding carboxylic acids is 1. The normalized spacial score (nSPS) is 14.6. The Kier molecular flexibility index (Phi) is 7.21. The third kappa shape index (κ3) is 5.21. The van der Waals surface area contributed by atoms with Crippen molar-refractivity contribution < 1.29 is 4.79 Å². The third-order valence-corrected chi connectivity index (χ3v) is 7.68. The highest BCUT2D eigenvalue weighted by Crippen LogP contribution is 2.33. The van der Waals surface area contributed by atoms with Gasteiger partial charge in [-0.1, -0.05) is 90.7 Å². The second-order valence-electron chi connectivity index (χ2n) is 8.95. The van der Waals surface area contributed by atoms with E-state index in [0.717, 1.165) is 16.7 Å². The largest absolute Gasteiger partial charge is 0.355 e. The van der Waals surface area contributed by atoms with E-state index in [4.69, 9.17) is 17.2 Å². The fraction of sp³-hybridized carbons (Fsp3) is 0.172. The molecule has 0 atom stereocenters. The summed E-state index contributed by atoms with van der Waals surface area (Å²) in [6, 6.07) is 23.8. The predicted molar refractivity (Wildman–Crippen MR) is 155 cm³/mol. The van der Waals surface area contributed by atoms with Crippen molar-refractivity contribution >= 4 is 51.7 Å². The number of anilines is 1. The summed E-state index contributed by atoms with van der Waals surface area (Å²) < 4.78 is 2.04. The first-order chi connectivity index (χ1) is 17.9. The molecule has 0 spiro atoms. The molecular weight excluding hydrogens is 500 g/mol. The number of benzene rings is 2. The Hall–Kier alpha value is -3.75. The van der Waals surface area contributed by atoms with Crippen LogP contribution in [-0.4, -0.2) is 38.1 Å². The molecule has 6 nitrogen and oxygen atoms in total. The van der Waals surface area contributed by atoms with Gasteiger partial charge >= 0.3 is 0 Å². The molecule has 3 heterocycles. The highest BCUT2D eigenvalue weighted by atomic mass is 32.2. The van der Waals surface area contributed by atoms with E-state index in [-0.39, 0.29) is 11.5 Å². The maximum absolute atomic E-state index is 13.7. The van der Waals surface area contributed by atoms with Gasteiger partial charge in [0.15, 0.2) is 0 Å².